The van der Waals surface area contributed by atoms with Gasteiger partial charge in [-0.3, -0.25) is 14.5 Å². The third kappa shape index (κ3) is 3.25. The van der Waals surface area contributed by atoms with Gasteiger partial charge in [0.15, 0.2) is 0 Å². The minimum absolute atomic E-state index is 0.0000652. The Kier molecular flexibility index (Phi) is 4.64. The van der Waals surface area contributed by atoms with Crippen LogP contribution in [0.1, 0.15) is 0 Å². The van der Waals surface area contributed by atoms with E-state index in [9.17, 15) is 9.59 Å². The number of nitrogens with one attached hydrogen (secondary N) is 1. The summed E-state index contributed by atoms with van der Waals surface area (Å²) >= 11 is 5.96. The lowest BCUT2D eigenvalue weighted by Gasteiger charge is -2.14. The molecular weight excluding hydrogens is 298 g/mol. The number of carbonyl (C=O) groups excluding carboxylic acids is 2. The van der Waals surface area contributed by atoms with Crippen molar-refractivity contribution in [2.75, 3.05) is 18.5 Å². The van der Waals surface area contributed by atoms with Gasteiger partial charge < -0.3 is 20.5 Å². The van der Waals surface area contributed by atoms with Gasteiger partial charge in [0.2, 0.25) is 0 Å². The van der Waals surface area contributed by atoms with Crippen molar-refractivity contribution in [3.63, 3.8) is 0 Å². The molecule has 0 saturated carbocycles. The molecule has 0 fully saturated rings. The van der Waals surface area contributed by atoms with Crippen LogP contribution < -0.4 is 10.8 Å². The third-order valence-electron chi connectivity index (χ3n) is 2.89. The summed E-state index contributed by atoms with van der Waals surface area (Å²) in [5, 5.41) is 30.0. The van der Waals surface area contributed by atoms with Crippen LogP contribution in [0.4, 0.5) is 5.69 Å². The van der Waals surface area contributed by atoms with Crippen molar-refractivity contribution in [2.45, 2.75) is 0 Å². The fraction of sp³-hybridized carbons (Fsp3) is 0.167. The van der Waals surface area contributed by atoms with Crippen molar-refractivity contribution in [3.8, 4) is 0 Å². The molecular formula is C12H12BClN2O5. The van der Waals surface area contributed by atoms with E-state index in [1.807, 2.05) is 0 Å². The number of rotatable bonds is 5. The molecule has 1 aliphatic heterocycles. The molecule has 21 heavy (non-hydrogen) atoms. The zero-order chi connectivity index (χ0) is 15.6. The molecule has 7 nitrogen and oxygen atoms in total. The maximum absolute atomic E-state index is 12.0. The Morgan fingerprint density at radius 3 is 2.62 bits per heavy atom. The molecule has 2 amide bonds. The van der Waals surface area contributed by atoms with Crippen LogP contribution in [-0.4, -0.2) is 52.1 Å². The third-order valence-corrected chi connectivity index (χ3v) is 3.22. The van der Waals surface area contributed by atoms with Gasteiger partial charge in [-0.05, 0) is 17.6 Å². The van der Waals surface area contributed by atoms with Crippen molar-refractivity contribution in [3.05, 3.63) is 35.0 Å². The maximum atomic E-state index is 12.0. The number of imide groups is 1. The molecule has 0 radical (unpaired) electrons. The van der Waals surface area contributed by atoms with Gasteiger partial charge in [-0.15, -0.1) is 0 Å². The second-order valence-corrected chi connectivity index (χ2v) is 4.72. The van der Waals surface area contributed by atoms with Crippen LogP contribution in [0.3, 0.4) is 0 Å². The molecule has 0 spiro atoms. The highest BCUT2D eigenvalue weighted by molar-refractivity contribution is 6.59. The summed E-state index contributed by atoms with van der Waals surface area (Å²) in [7, 11) is -1.68. The highest BCUT2D eigenvalue weighted by Crippen LogP contribution is 2.23. The van der Waals surface area contributed by atoms with E-state index in [2.05, 4.69) is 5.32 Å². The average molecular weight is 311 g/mol. The summed E-state index contributed by atoms with van der Waals surface area (Å²) < 4.78 is 0. The minimum atomic E-state index is -1.68. The maximum Gasteiger partial charge on any atom is 0.488 e. The zero-order valence-electron chi connectivity index (χ0n) is 10.8. The first kappa shape index (κ1) is 15.5. The van der Waals surface area contributed by atoms with Gasteiger partial charge in [0.25, 0.3) is 11.8 Å². The molecule has 1 aromatic rings. The Morgan fingerprint density at radius 1 is 1.29 bits per heavy atom. The topological polar surface area (TPSA) is 110 Å². The second-order valence-electron chi connectivity index (χ2n) is 4.31. The lowest BCUT2D eigenvalue weighted by atomic mass is 9.80. The number of β-amino-alcohol motifs (C(OH)–C–C–N with tert-alkyl or cyclic N) is 1. The monoisotopic (exact) mass is 310 g/mol. The summed E-state index contributed by atoms with van der Waals surface area (Å²) in [5.41, 5.74) is 0.451. The molecule has 0 aromatic heterocycles. The summed E-state index contributed by atoms with van der Waals surface area (Å²) in [5.74, 6) is -1.12. The molecule has 0 aliphatic carbocycles. The fourth-order valence-corrected chi connectivity index (χ4v) is 2.02. The van der Waals surface area contributed by atoms with Gasteiger partial charge in [-0.2, -0.15) is 0 Å². The molecule has 1 heterocycles. The molecule has 4 N–H and O–H groups in total. The Hall–Kier alpha value is -1.87. The van der Waals surface area contributed by atoms with Gasteiger partial charge in [0.1, 0.15) is 5.70 Å². The van der Waals surface area contributed by atoms with E-state index in [-0.39, 0.29) is 35.0 Å². The number of hydrogen-bond acceptors (Lipinski definition) is 6. The lowest BCUT2D eigenvalue weighted by molar-refractivity contribution is -0.137. The number of aliphatic hydroxyl groups is 1. The first-order valence-corrected chi connectivity index (χ1v) is 6.43. The van der Waals surface area contributed by atoms with Gasteiger partial charge in [0, 0.05) is 6.08 Å². The Labute approximate surface area is 125 Å². The van der Waals surface area contributed by atoms with Crippen molar-refractivity contribution in [1.82, 2.24) is 4.90 Å². The van der Waals surface area contributed by atoms with Gasteiger partial charge in [-0.25, -0.2) is 0 Å². The average Bonchev–Trinajstić information content (AvgIpc) is 2.69. The number of halogens is 1. The SMILES string of the molecule is O=C1C=C(Nc2cc(B(O)O)ccc2Cl)C(=O)N1CCO. The van der Waals surface area contributed by atoms with E-state index in [1.54, 1.807) is 0 Å². The van der Waals surface area contributed by atoms with Crippen molar-refractivity contribution >= 4 is 41.7 Å². The molecule has 1 aliphatic rings. The summed E-state index contributed by atoms with van der Waals surface area (Å²) in [6, 6.07) is 4.22. The highest BCUT2D eigenvalue weighted by Gasteiger charge is 2.31. The van der Waals surface area contributed by atoms with E-state index in [0.717, 1.165) is 11.0 Å². The predicted octanol–water partition coefficient (Wildman–Crippen LogP) is -1.32. The predicted molar refractivity (Wildman–Crippen MR) is 76.8 cm³/mol. The van der Waals surface area contributed by atoms with Crippen molar-refractivity contribution in [2.24, 2.45) is 0 Å². The van der Waals surface area contributed by atoms with Crippen LogP contribution >= 0.6 is 11.6 Å². The number of hydrogen-bond donors (Lipinski definition) is 4. The van der Waals surface area contributed by atoms with Crippen molar-refractivity contribution < 1.29 is 24.7 Å². The number of carbonyl (C=O) groups is 2. The molecule has 0 atom stereocenters. The number of amides is 2. The standard InChI is InChI=1S/C12H12BClN2O5/c14-8-2-1-7(13(20)21)5-9(8)15-10-6-11(18)16(3-4-17)12(10)19/h1-2,5-6,15,17,20-21H,3-4H2. The highest BCUT2D eigenvalue weighted by atomic mass is 35.5. The molecule has 0 saturated heterocycles. The van der Waals surface area contributed by atoms with E-state index in [0.29, 0.717) is 0 Å². The smallest absolute Gasteiger partial charge is 0.423 e. The molecule has 1 aromatic carbocycles. The number of nitrogens with zero attached hydrogens (tertiary/aromatic N) is 1. The molecule has 0 unspecified atom stereocenters. The Balaban J connectivity index is 2.23. The fourth-order valence-electron chi connectivity index (χ4n) is 1.85. The van der Waals surface area contributed by atoms with Gasteiger partial charge >= 0.3 is 7.12 Å². The van der Waals surface area contributed by atoms with E-state index >= 15 is 0 Å². The lowest BCUT2D eigenvalue weighted by Crippen LogP contribution is -2.34. The number of anilines is 1. The van der Waals surface area contributed by atoms with Crippen LogP contribution in [0.5, 0.6) is 0 Å². The Bertz CT molecular complexity index is 620. The Morgan fingerprint density at radius 2 is 2.00 bits per heavy atom. The molecule has 110 valence electrons. The quantitative estimate of drug-likeness (QED) is 0.396. The first-order chi connectivity index (χ1) is 9.93. The number of aliphatic hydroxyl groups excluding tert-OH is 1. The number of benzene rings is 1. The van der Waals surface area contributed by atoms with E-state index < -0.39 is 18.9 Å². The van der Waals surface area contributed by atoms with E-state index in [4.69, 9.17) is 26.8 Å². The first-order valence-electron chi connectivity index (χ1n) is 6.05. The molecule has 2 rings (SSSR count). The minimum Gasteiger partial charge on any atom is -0.423 e. The molecule has 0 bridgehead atoms. The van der Waals surface area contributed by atoms with Crippen LogP contribution in [-0.2, 0) is 9.59 Å². The van der Waals surface area contributed by atoms with E-state index in [1.165, 1.54) is 18.2 Å². The zero-order valence-corrected chi connectivity index (χ0v) is 11.5. The van der Waals surface area contributed by atoms with Crippen LogP contribution in [0.15, 0.2) is 30.0 Å². The summed E-state index contributed by atoms with van der Waals surface area (Å²) in [6.07, 6.45) is 1.09. The summed E-state index contributed by atoms with van der Waals surface area (Å²) in [4.78, 5) is 24.5. The van der Waals surface area contributed by atoms with Crippen LogP contribution in [0.2, 0.25) is 5.02 Å². The van der Waals surface area contributed by atoms with Gasteiger partial charge in [0.05, 0.1) is 23.9 Å². The van der Waals surface area contributed by atoms with Crippen LogP contribution in [0.25, 0.3) is 0 Å². The molecule has 9 heteroatoms. The normalized spacial score (nSPS) is 14.5. The largest absolute Gasteiger partial charge is 0.488 e. The van der Waals surface area contributed by atoms with Crippen molar-refractivity contribution in [1.29, 1.82) is 0 Å². The second kappa shape index (κ2) is 6.27. The summed E-state index contributed by atoms with van der Waals surface area (Å²) in [6.45, 7) is -0.423. The van der Waals surface area contributed by atoms with Gasteiger partial charge in [-0.1, -0.05) is 17.7 Å². The van der Waals surface area contributed by atoms with Crippen LogP contribution in [0, 0.1) is 0 Å².